The largest absolute Gasteiger partial charge is 0.234 e. The van der Waals surface area contributed by atoms with Crippen molar-refractivity contribution in [3.8, 4) is 0 Å². The Kier molecular flexibility index (Phi) is 2.60. The highest BCUT2D eigenvalue weighted by atomic mass is 32.1. The van der Waals surface area contributed by atoms with Gasteiger partial charge in [0.2, 0.25) is 4.96 Å². The lowest BCUT2D eigenvalue weighted by molar-refractivity contribution is 0.826. The summed E-state index contributed by atoms with van der Waals surface area (Å²) in [6.07, 6.45) is 1.72. The number of benzene rings is 1. The molecular formula is C12H12N4S. The van der Waals surface area contributed by atoms with E-state index in [-0.39, 0.29) is 0 Å². The second-order valence-electron chi connectivity index (χ2n) is 3.82. The molecule has 2 heterocycles. The van der Waals surface area contributed by atoms with Crippen LogP contribution in [0.15, 0.2) is 30.3 Å². The Labute approximate surface area is 103 Å². The zero-order valence-corrected chi connectivity index (χ0v) is 10.3. The summed E-state index contributed by atoms with van der Waals surface area (Å²) in [5.41, 5.74) is 1.23. The SMILES string of the molecule is CCc1nn2c(Cc3ccccc3)nnc2s1. The van der Waals surface area contributed by atoms with Crippen LogP contribution in [0.5, 0.6) is 0 Å². The lowest BCUT2D eigenvalue weighted by Gasteiger charge is -1.96. The Morgan fingerprint density at radius 3 is 2.76 bits per heavy atom. The molecule has 3 rings (SSSR count). The van der Waals surface area contributed by atoms with E-state index in [0.29, 0.717) is 0 Å². The van der Waals surface area contributed by atoms with Crippen molar-refractivity contribution < 1.29 is 0 Å². The van der Waals surface area contributed by atoms with Crippen LogP contribution < -0.4 is 0 Å². The fourth-order valence-corrected chi connectivity index (χ4v) is 2.52. The van der Waals surface area contributed by atoms with Crippen molar-refractivity contribution in [2.45, 2.75) is 19.8 Å². The van der Waals surface area contributed by atoms with Crippen LogP contribution in [0.25, 0.3) is 4.96 Å². The predicted octanol–water partition coefficient (Wildman–Crippen LogP) is 2.34. The lowest BCUT2D eigenvalue weighted by Crippen LogP contribution is -1.97. The van der Waals surface area contributed by atoms with Gasteiger partial charge in [-0.05, 0) is 12.0 Å². The molecule has 17 heavy (non-hydrogen) atoms. The van der Waals surface area contributed by atoms with Gasteiger partial charge >= 0.3 is 0 Å². The third-order valence-electron chi connectivity index (χ3n) is 2.60. The van der Waals surface area contributed by atoms with E-state index in [1.54, 1.807) is 11.3 Å². The van der Waals surface area contributed by atoms with Crippen molar-refractivity contribution in [3.63, 3.8) is 0 Å². The number of nitrogens with zero attached hydrogens (tertiary/aromatic N) is 4. The highest BCUT2D eigenvalue weighted by Gasteiger charge is 2.10. The molecule has 86 valence electrons. The van der Waals surface area contributed by atoms with Crippen molar-refractivity contribution in [2.75, 3.05) is 0 Å². The quantitative estimate of drug-likeness (QED) is 0.710. The molecule has 0 unspecified atom stereocenters. The van der Waals surface area contributed by atoms with Crippen molar-refractivity contribution in [1.82, 2.24) is 19.8 Å². The van der Waals surface area contributed by atoms with Crippen LogP contribution in [-0.4, -0.2) is 19.8 Å². The zero-order valence-electron chi connectivity index (χ0n) is 9.50. The molecule has 2 aromatic heterocycles. The molecule has 0 amide bonds. The Morgan fingerprint density at radius 1 is 1.18 bits per heavy atom. The summed E-state index contributed by atoms with van der Waals surface area (Å²) in [6.45, 7) is 2.10. The minimum Gasteiger partial charge on any atom is -0.187 e. The summed E-state index contributed by atoms with van der Waals surface area (Å²) in [5.74, 6) is 0.905. The highest BCUT2D eigenvalue weighted by molar-refractivity contribution is 7.16. The molecular weight excluding hydrogens is 232 g/mol. The van der Waals surface area contributed by atoms with Gasteiger partial charge in [-0.2, -0.15) is 9.61 Å². The fraction of sp³-hybridized carbons (Fsp3) is 0.250. The number of hydrogen-bond acceptors (Lipinski definition) is 4. The monoisotopic (exact) mass is 244 g/mol. The molecule has 0 fully saturated rings. The third-order valence-corrected chi connectivity index (χ3v) is 3.65. The van der Waals surface area contributed by atoms with E-state index in [1.807, 2.05) is 22.7 Å². The van der Waals surface area contributed by atoms with Crippen LogP contribution in [0.1, 0.15) is 23.3 Å². The maximum absolute atomic E-state index is 4.50. The highest BCUT2D eigenvalue weighted by Crippen LogP contribution is 2.16. The lowest BCUT2D eigenvalue weighted by atomic mass is 10.1. The van der Waals surface area contributed by atoms with Crippen molar-refractivity contribution in [3.05, 3.63) is 46.7 Å². The van der Waals surface area contributed by atoms with Crippen molar-refractivity contribution in [1.29, 1.82) is 0 Å². The van der Waals surface area contributed by atoms with E-state index in [4.69, 9.17) is 0 Å². The Balaban J connectivity index is 1.97. The Bertz CT molecular complexity index is 626. The van der Waals surface area contributed by atoms with Crippen molar-refractivity contribution in [2.24, 2.45) is 0 Å². The Hall–Kier alpha value is -1.75. The molecule has 1 aromatic carbocycles. The summed E-state index contributed by atoms with van der Waals surface area (Å²) >= 11 is 1.61. The van der Waals surface area contributed by atoms with Gasteiger partial charge in [-0.15, -0.1) is 10.2 Å². The van der Waals surface area contributed by atoms with Gasteiger partial charge in [0.25, 0.3) is 0 Å². The van der Waals surface area contributed by atoms with Crippen LogP contribution in [-0.2, 0) is 12.8 Å². The second kappa shape index (κ2) is 4.25. The minimum absolute atomic E-state index is 0.773. The van der Waals surface area contributed by atoms with E-state index in [2.05, 4.69) is 34.4 Å². The number of aromatic nitrogens is 4. The van der Waals surface area contributed by atoms with Crippen LogP contribution in [0.4, 0.5) is 0 Å². The molecule has 0 saturated heterocycles. The fourth-order valence-electron chi connectivity index (χ4n) is 1.73. The van der Waals surface area contributed by atoms with Crippen LogP contribution in [0.2, 0.25) is 0 Å². The molecule has 0 saturated carbocycles. The first-order valence-electron chi connectivity index (χ1n) is 5.60. The second-order valence-corrected chi connectivity index (χ2v) is 4.86. The van der Waals surface area contributed by atoms with E-state index >= 15 is 0 Å². The average Bonchev–Trinajstić information content (AvgIpc) is 2.92. The van der Waals surface area contributed by atoms with E-state index in [1.165, 1.54) is 5.56 Å². The summed E-state index contributed by atoms with van der Waals surface area (Å²) in [7, 11) is 0. The molecule has 0 aliphatic heterocycles. The molecule has 0 bridgehead atoms. The van der Waals surface area contributed by atoms with E-state index in [0.717, 1.165) is 28.6 Å². The number of hydrogen-bond donors (Lipinski definition) is 0. The molecule has 0 spiro atoms. The van der Waals surface area contributed by atoms with E-state index in [9.17, 15) is 0 Å². The molecule has 4 nitrogen and oxygen atoms in total. The molecule has 5 heteroatoms. The third kappa shape index (κ3) is 1.93. The van der Waals surface area contributed by atoms with Gasteiger partial charge in [0.05, 0.1) is 0 Å². The van der Waals surface area contributed by atoms with E-state index < -0.39 is 0 Å². The van der Waals surface area contributed by atoms with Gasteiger partial charge < -0.3 is 0 Å². The topological polar surface area (TPSA) is 43.1 Å². The summed E-state index contributed by atoms with van der Waals surface area (Å²) in [4.78, 5) is 0.882. The average molecular weight is 244 g/mol. The van der Waals surface area contributed by atoms with Gasteiger partial charge in [-0.1, -0.05) is 48.6 Å². The smallest absolute Gasteiger partial charge is 0.187 e. The predicted molar refractivity (Wildman–Crippen MR) is 67.3 cm³/mol. The van der Waals surface area contributed by atoms with Gasteiger partial charge in [-0.3, -0.25) is 0 Å². The van der Waals surface area contributed by atoms with Gasteiger partial charge in [0.15, 0.2) is 5.82 Å². The first kappa shape index (κ1) is 10.4. The molecule has 0 atom stereocenters. The summed E-state index contributed by atoms with van der Waals surface area (Å²) in [5, 5.41) is 13.9. The number of aryl methyl sites for hydroxylation is 1. The molecule has 0 aliphatic carbocycles. The first-order chi connectivity index (χ1) is 8.36. The minimum atomic E-state index is 0.773. The summed E-state index contributed by atoms with van der Waals surface area (Å²) in [6, 6.07) is 10.3. The number of fused-ring (bicyclic) bond motifs is 1. The van der Waals surface area contributed by atoms with Gasteiger partial charge in [0, 0.05) is 6.42 Å². The number of rotatable bonds is 3. The Morgan fingerprint density at radius 2 is 2.00 bits per heavy atom. The molecule has 0 radical (unpaired) electrons. The zero-order chi connectivity index (χ0) is 11.7. The van der Waals surface area contributed by atoms with Crippen molar-refractivity contribution >= 4 is 16.3 Å². The maximum Gasteiger partial charge on any atom is 0.234 e. The van der Waals surface area contributed by atoms with Gasteiger partial charge in [-0.25, -0.2) is 0 Å². The van der Waals surface area contributed by atoms with Gasteiger partial charge in [0.1, 0.15) is 5.01 Å². The van der Waals surface area contributed by atoms with Crippen LogP contribution >= 0.6 is 11.3 Å². The summed E-state index contributed by atoms with van der Waals surface area (Å²) < 4.78 is 1.86. The van der Waals surface area contributed by atoms with Crippen LogP contribution in [0, 0.1) is 0 Å². The normalized spacial score (nSPS) is 11.1. The molecule has 0 aliphatic rings. The maximum atomic E-state index is 4.50. The molecule has 3 aromatic rings. The van der Waals surface area contributed by atoms with Crippen LogP contribution in [0.3, 0.4) is 0 Å². The first-order valence-corrected chi connectivity index (χ1v) is 6.42. The standard InChI is InChI=1S/C12H12N4S/c1-2-11-15-16-10(13-14-12(16)17-11)8-9-6-4-3-5-7-9/h3-7H,2,8H2,1H3. The molecule has 0 N–H and O–H groups in total.